The molecule has 2 amide bonds. The van der Waals surface area contributed by atoms with E-state index in [0.717, 1.165) is 24.3 Å². The standard InChI is InChI=1S/C17H19F3N2O5/c1-27-13-6-12(7-15(24)25)22(9-13)14(23)8-21-16(26)10-2-4-11(5-3-10)17(18,19)20/h2-5,12-13H,6-9H2,1H3,(H,21,26)(H,24,25). The van der Waals surface area contributed by atoms with E-state index < -0.39 is 42.1 Å². The third-order valence-corrected chi connectivity index (χ3v) is 4.31. The van der Waals surface area contributed by atoms with E-state index in [0.29, 0.717) is 6.42 Å². The summed E-state index contributed by atoms with van der Waals surface area (Å²) < 4.78 is 42.8. The number of carboxylic acids is 1. The third-order valence-electron chi connectivity index (χ3n) is 4.31. The molecule has 2 rings (SSSR count). The lowest BCUT2D eigenvalue weighted by atomic mass is 10.1. The van der Waals surface area contributed by atoms with Crippen LogP contribution in [0, 0.1) is 0 Å². The molecule has 2 unspecified atom stereocenters. The Hall–Kier alpha value is -2.62. The summed E-state index contributed by atoms with van der Waals surface area (Å²) in [4.78, 5) is 36.6. The minimum absolute atomic E-state index is 0.0194. The fraction of sp³-hybridized carbons (Fsp3) is 0.471. The minimum atomic E-state index is -4.50. The van der Waals surface area contributed by atoms with E-state index in [1.54, 1.807) is 0 Å². The average molecular weight is 388 g/mol. The number of hydrogen-bond donors (Lipinski definition) is 2. The zero-order chi connectivity index (χ0) is 20.2. The fourth-order valence-electron chi connectivity index (χ4n) is 2.92. The SMILES string of the molecule is COC1CC(CC(=O)O)N(C(=O)CNC(=O)c2ccc(C(F)(F)F)cc2)C1. The number of rotatable bonds is 6. The third kappa shape index (κ3) is 5.43. The number of benzene rings is 1. The van der Waals surface area contributed by atoms with Crippen molar-refractivity contribution in [2.75, 3.05) is 20.2 Å². The number of carbonyl (C=O) groups is 3. The first-order valence-corrected chi connectivity index (χ1v) is 8.11. The summed E-state index contributed by atoms with van der Waals surface area (Å²) in [6.07, 6.45) is -4.65. The van der Waals surface area contributed by atoms with E-state index in [4.69, 9.17) is 9.84 Å². The summed E-state index contributed by atoms with van der Waals surface area (Å²) in [6.45, 7) is -0.185. The van der Waals surface area contributed by atoms with Gasteiger partial charge in [-0.15, -0.1) is 0 Å². The van der Waals surface area contributed by atoms with Crippen LogP contribution in [-0.4, -0.2) is 60.1 Å². The Morgan fingerprint density at radius 2 is 1.89 bits per heavy atom. The van der Waals surface area contributed by atoms with E-state index >= 15 is 0 Å². The Balaban J connectivity index is 1.95. The molecule has 2 atom stereocenters. The number of nitrogens with one attached hydrogen (secondary N) is 1. The number of alkyl halides is 3. The zero-order valence-corrected chi connectivity index (χ0v) is 14.5. The maximum Gasteiger partial charge on any atom is 0.416 e. The summed E-state index contributed by atoms with van der Waals surface area (Å²) in [5, 5.41) is 11.3. The molecule has 1 fully saturated rings. The number of carboxylic acid groups (broad SMARTS) is 1. The highest BCUT2D eigenvalue weighted by molar-refractivity contribution is 5.96. The molecule has 0 aliphatic carbocycles. The molecule has 1 aromatic rings. The van der Waals surface area contributed by atoms with Crippen molar-refractivity contribution >= 4 is 17.8 Å². The van der Waals surface area contributed by atoms with Gasteiger partial charge < -0.3 is 20.1 Å². The van der Waals surface area contributed by atoms with Crippen LogP contribution in [0.15, 0.2) is 24.3 Å². The van der Waals surface area contributed by atoms with E-state index in [-0.39, 0.29) is 24.6 Å². The van der Waals surface area contributed by atoms with Gasteiger partial charge in [-0.3, -0.25) is 14.4 Å². The molecule has 27 heavy (non-hydrogen) atoms. The minimum Gasteiger partial charge on any atom is -0.481 e. The van der Waals surface area contributed by atoms with Gasteiger partial charge in [-0.1, -0.05) is 0 Å². The molecule has 1 saturated heterocycles. The number of methoxy groups -OCH3 is 1. The van der Waals surface area contributed by atoms with Gasteiger partial charge in [-0.25, -0.2) is 0 Å². The molecule has 7 nitrogen and oxygen atoms in total. The van der Waals surface area contributed by atoms with Crippen LogP contribution in [0.2, 0.25) is 0 Å². The second kappa shape index (κ2) is 8.38. The van der Waals surface area contributed by atoms with Crippen LogP contribution in [0.5, 0.6) is 0 Å². The van der Waals surface area contributed by atoms with Gasteiger partial charge in [0.1, 0.15) is 0 Å². The van der Waals surface area contributed by atoms with E-state index in [2.05, 4.69) is 5.32 Å². The molecule has 0 bridgehead atoms. The Morgan fingerprint density at radius 3 is 2.41 bits per heavy atom. The van der Waals surface area contributed by atoms with E-state index in [1.807, 2.05) is 0 Å². The van der Waals surface area contributed by atoms with Crippen LogP contribution in [0.4, 0.5) is 13.2 Å². The predicted molar refractivity (Wildman–Crippen MR) is 86.9 cm³/mol. The molecule has 1 aromatic carbocycles. The molecule has 1 heterocycles. The highest BCUT2D eigenvalue weighted by Crippen LogP contribution is 2.29. The molecule has 0 radical (unpaired) electrons. The van der Waals surface area contributed by atoms with Gasteiger partial charge >= 0.3 is 12.1 Å². The van der Waals surface area contributed by atoms with Crippen molar-refractivity contribution in [2.24, 2.45) is 0 Å². The number of likely N-dealkylation sites (tertiary alicyclic amines) is 1. The summed E-state index contributed by atoms with van der Waals surface area (Å²) in [6, 6.07) is 3.06. The number of aliphatic carboxylic acids is 1. The number of carbonyl (C=O) groups excluding carboxylic acids is 2. The Morgan fingerprint density at radius 1 is 1.26 bits per heavy atom. The Labute approximate surface area is 153 Å². The second-order valence-electron chi connectivity index (χ2n) is 6.15. The first-order chi connectivity index (χ1) is 12.6. The van der Waals surface area contributed by atoms with Crippen LogP contribution in [0.3, 0.4) is 0 Å². The van der Waals surface area contributed by atoms with Gasteiger partial charge in [0.25, 0.3) is 5.91 Å². The molecule has 0 saturated carbocycles. The van der Waals surface area contributed by atoms with Crippen molar-refractivity contribution in [1.29, 1.82) is 0 Å². The number of hydrogen-bond acceptors (Lipinski definition) is 4. The first-order valence-electron chi connectivity index (χ1n) is 8.11. The van der Waals surface area contributed by atoms with Gasteiger partial charge in [0, 0.05) is 25.3 Å². The van der Waals surface area contributed by atoms with Gasteiger partial charge in [0.05, 0.1) is 24.6 Å². The number of amides is 2. The fourth-order valence-corrected chi connectivity index (χ4v) is 2.92. The maximum atomic E-state index is 12.5. The molecule has 1 aliphatic rings. The second-order valence-corrected chi connectivity index (χ2v) is 6.15. The molecule has 10 heteroatoms. The van der Waals surface area contributed by atoms with Gasteiger partial charge in [0.15, 0.2) is 0 Å². The van der Waals surface area contributed by atoms with Crippen LogP contribution < -0.4 is 5.32 Å². The number of ether oxygens (including phenoxy) is 1. The smallest absolute Gasteiger partial charge is 0.416 e. The quantitative estimate of drug-likeness (QED) is 0.771. The molecule has 1 aliphatic heterocycles. The maximum absolute atomic E-state index is 12.5. The lowest BCUT2D eigenvalue weighted by Gasteiger charge is -2.23. The van der Waals surface area contributed by atoms with Crippen molar-refractivity contribution in [3.8, 4) is 0 Å². The largest absolute Gasteiger partial charge is 0.481 e. The lowest BCUT2D eigenvalue weighted by molar-refractivity contribution is -0.140. The van der Waals surface area contributed by atoms with Crippen molar-refractivity contribution in [1.82, 2.24) is 10.2 Å². The molecular formula is C17H19F3N2O5. The summed E-state index contributed by atoms with van der Waals surface area (Å²) >= 11 is 0. The highest BCUT2D eigenvalue weighted by Gasteiger charge is 2.36. The topological polar surface area (TPSA) is 95.9 Å². The summed E-state index contributed by atoms with van der Waals surface area (Å²) in [5.41, 5.74) is -0.900. The zero-order valence-electron chi connectivity index (χ0n) is 14.5. The van der Waals surface area contributed by atoms with Crippen molar-refractivity contribution in [3.63, 3.8) is 0 Å². The van der Waals surface area contributed by atoms with Gasteiger partial charge in [-0.05, 0) is 30.7 Å². The first kappa shape index (κ1) is 20.7. The van der Waals surface area contributed by atoms with Crippen LogP contribution in [-0.2, 0) is 20.5 Å². The molecule has 148 valence electrons. The molecule has 2 N–H and O–H groups in total. The number of nitrogens with zero attached hydrogens (tertiary/aromatic N) is 1. The Bertz CT molecular complexity index is 706. The summed E-state index contributed by atoms with van der Waals surface area (Å²) in [7, 11) is 1.46. The van der Waals surface area contributed by atoms with Crippen LogP contribution in [0.1, 0.15) is 28.8 Å². The monoisotopic (exact) mass is 388 g/mol. The normalized spacial score (nSPS) is 19.8. The van der Waals surface area contributed by atoms with Crippen molar-refractivity contribution in [3.05, 3.63) is 35.4 Å². The van der Waals surface area contributed by atoms with E-state index in [9.17, 15) is 27.6 Å². The molecule has 0 aromatic heterocycles. The predicted octanol–water partition coefficient (Wildman–Crippen LogP) is 1.53. The Kier molecular flexibility index (Phi) is 6.42. The average Bonchev–Trinajstić information content (AvgIpc) is 3.01. The van der Waals surface area contributed by atoms with Crippen LogP contribution >= 0.6 is 0 Å². The van der Waals surface area contributed by atoms with Gasteiger partial charge in [0.2, 0.25) is 5.91 Å². The number of halogens is 3. The van der Waals surface area contributed by atoms with Crippen molar-refractivity contribution in [2.45, 2.75) is 31.2 Å². The molecule has 0 spiro atoms. The van der Waals surface area contributed by atoms with E-state index in [1.165, 1.54) is 12.0 Å². The van der Waals surface area contributed by atoms with Gasteiger partial charge in [-0.2, -0.15) is 13.2 Å². The van der Waals surface area contributed by atoms with Crippen molar-refractivity contribution < 1.29 is 37.4 Å². The lowest BCUT2D eigenvalue weighted by Crippen LogP contribution is -2.43. The summed E-state index contributed by atoms with van der Waals surface area (Å²) in [5.74, 6) is -2.24. The molecular weight excluding hydrogens is 369 g/mol. The van der Waals surface area contributed by atoms with Crippen LogP contribution in [0.25, 0.3) is 0 Å². The highest BCUT2D eigenvalue weighted by atomic mass is 19.4.